The lowest BCUT2D eigenvalue weighted by Crippen LogP contribution is -2.52. The van der Waals surface area contributed by atoms with Crippen LogP contribution < -0.4 is 5.32 Å². The molecule has 40 heavy (non-hydrogen) atoms. The van der Waals surface area contributed by atoms with Crippen molar-refractivity contribution < 1.29 is 44.1 Å². The number of nitrogens with zero attached hydrogens (tertiary/aromatic N) is 4. The molecule has 0 saturated carbocycles. The van der Waals surface area contributed by atoms with Crippen molar-refractivity contribution in [1.29, 1.82) is 0 Å². The third-order valence-electron chi connectivity index (χ3n) is 6.41. The standard InChI is InChI=1S/C25H41N5O9S/c1-36-38-18-29-10-9-27(15-24(32)33)7-8-28(16-25(34)35)11-12-30(19-39-37-2)22(14-29)13-20-3-5-21(6-4-20)26-23(31)17-40/h3-6,22,40H,7-19H2,1-2H3,(H,26,31)(H,32,33)(H,34,35)/t22-/m0/s1. The van der Waals surface area contributed by atoms with Crippen LogP contribution in [0.1, 0.15) is 5.56 Å². The molecule has 1 aromatic rings. The number of thiol groups is 1. The summed E-state index contributed by atoms with van der Waals surface area (Å²) in [6.45, 7) is 3.06. The molecule has 3 N–H and O–H groups in total. The van der Waals surface area contributed by atoms with Gasteiger partial charge >= 0.3 is 11.9 Å². The quantitative estimate of drug-likeness (QED) is 0.131. The molecule has 1 aliphatic heterocycles. The van der Waals surface area contributed by atoms with E-state index in [4.69, 9.17) is 19.6 Å². The predicted molar refractivity (Wildman–Crippen MR) is 149 cm³/mol. The van der Waals surface area contributed by atoms with Crippen molar-refractivity contribution in [3.63, 3.8) is 0 Å². The van der Waals surface area contributed by atoms with Gasteiger partial charge in [0.05, 0.1) is 33.1 Å². The third kappa shape index (κ3) is 13.3. The van der Waals surface area contributed by atoms with Gasteiger partial charge in [-0.1, -0.05) is 12.1 Å². The molecule has 0 radical (unpaired) electrons. The molecular weight excluding hydrogens is 546 g/mol. The summed E-state index contributed by atoms with van der Waals surface area (Å²) in [7, 11) is 2.85. The smallest absolute Gasteiger partial charge is 0.317 e. The summed E-state index contributed by atoms with van der Waals surface area (Å²) in [5, 5.41) is 21.6. The van der Waals surface area contributed by atoms with E-state index in [-0.39, 0.29) is 44.3 Å². The number of benzene rings is 1. The Labute approximate surface area is 239 Å². The first-order valence-electron chi connectivity index (χ1n) is 12.9. The van der Waals surface area contributed by atoms with E-state index in [1.54, 1.807) is 9.80 Å². The van der Waals surface area contributed by atoms with Crippen molar-refractivity contribution in [2.45, 2.75) is 12.5 Å². The summed E-state index contributed by atoms with van der Waals surface area (Å²) in [5.41, 5.74) is 1.67. The van der Waals surface area contributed by atoms with Crippen LogP contribution in [0.2, 0.25) is 0 Å². The second kappa shape index (κ2) is 18.9. The molecule has 0 unspecified atom stereocenters. The topological polar surface area (TPSA) is 154 Å². The van der Waals surface area contributed by atoms with Gasteiger partial charge < -0.3 is 15.5 Å². The van der Waals surface area contributed by atoms with Crippen LogP contribution in [0.3, 0.4) is 0 Å². The molecule has 0 aliphatic carbocycles. The number of amides is 1. The summed E-state index contributed by atoms with van der Waals surface area (Å²) < 4.78 is 0. The molecule has 226 valence electrons. The summed E-state index contributed by atoms with van der Waals surface area (Å²) in [5.74, 6) is -2.03. The van der Waals surface area contributed by atoms with E-state index in [0.717, 1.165) is 5.56 Å². The number of carbonyl (C=O) groups excluding carboxylic acids is 1. The van der Waals surface area contributed by atoms with E-state index >= 15 is 0 Å². The van der Waals surface area contributed by atoms with Gasteiger partial charge in [-0.15, -0.1) is 0 Å². The zero-order chi connectivity index (χ0) is 29.3. The Morgan fingerprint density at radius 2 is 1.38 bits per heavy atom. The van der Waals surface area contributed by atoms with Crippen LogP contribution in [0.25, 0.3) is 0 Å². The van der Waals surface area contributed by atoms with E-state index in [0.29, 0.717) is 57.9 Å². The van der Waals surface area contributed by atoms with Crippen LogP contribution in [-0.2, 0) is 40.4 Å². The Balaban J connectivity index is 2.34. The summed E-state index contributed by atoms with van der Waals surface area (Å²) in [4.78, 5) is 62.7. The van der Waals surface area contributed by atoms with E-state index in [2.05, 4.69) is 22.8 Å². The van der Waals surface area contributed by atoms with Crippen molar-refractivity contribution >= 4 is 36.2 Å². The molecule has 1 amide bonds. The van der Waals surface area contributed by atoms with Gasteiger partial charge in [0.2, 0.25) is 5.91 Å². The molecule has 1 aliphatic rings. The highest BCUT2D eigenvalue weighted by Crippen LogP contribution is 2.16. The normalized spacial score (nSPS) is 19.0. The summed E-state index contributed by atoms with van der Waals surface area (Å²) in [6.07, 6.45) is 0.592. The minimum absolute atomic E-state index is 0.0838. The molecule has 0 bridgehead atoms. The van der Waals surface area contributed by atoms with Gasteiger partial charge in [0, 0.05) is 57.5 Å². The monoisotopic (exact) mass is 587 g/mol. The van der Waals surface area contributed by atoms with Crippen LogP contribution in [0.4, 0.5) is 5.69 Å². The van der Waals surface area contributed by atoms with E-state index < -0.39 is 11.9 Å². The van der Waals surface area contributed by atoms with Gasteiger partial charge in [-0.25, -0.2) is 19.6 Å². The lowest BCUT2D eigenvalue weighted by Gasteiger charge is -2.37. The maximum absolute atomic E-state index is 11.7. The third-order valence-corrected chi connectivity index (χ3v) is 6.70. The minimum atomic E-state index is -0.957. The van der Waals surface area contributed by atoms with E-state index in [9.17, 15) is 24.6 Å². The fraction of sp³-hybridized carbons (Fsp3) is 0.640. The Morgan fingerprint density at radius 1 is 0.850 bits per heavy atom. The van der Waals surface area contributed by atoms with E-state index in [1.807, 2.05) is 29.2 Å². The maximum Gasteiger partial charge on any atom is 0.317 e. The number of carboxylic acids is 2. The number of nitrogens with one attached hydrogen (secondary N) is 1. The van der Waals surface area contributed by atoms with Crippen molar-refractivity contribution in [2.24, 2.45) is 0 Å². The van der Waals surface area contributed by atoms with Crippen LogP contribution >= 0.6 is 12.6 Å². The number of carboxylic acid groups (broad SMARTS) is 2. The van der Waals surface area contributed by atoms with Crippen LogP contribution in [0, 0.1) is 0 Å². The van der Waals surface area contributed by atoms with Gasteiger partial charge in [-0.3, -0.25) is 34.0 Å². The number of hydrogen-bond donors (Lipinski definition) is 4. The Hall–Kier alpha value is -2.34. The molecular formula is C25H41N5O9S. The second-order valence-corrected chi connectivity index (χ2v) is 9.63. The molecule has 14 nitrogen and oxygen atoms in total. The van der Waals surface area contributed by atoms with Gasteiger partial charge in [-0.2, -0.15) is 12.6 Å². The highest BCUT2D eigenvalue weighted by Gasteiger charge is 2.26. The highest BCUT2D eigenvalue weighted by atomic mass is 32.1. The summed E-state index contributed by atoms with van der Waals surface area (Å²) >= 11 is 3.99. The Kier molecular flexibility index (Phi) is 16.0. The number of carbonyl (C=O) groups is 3. The van der Waals surface area contributed by atoms with Crippen LogP contribution in [0.5, 0.6) is 0 Å². The zero-order valence-electron chi connectivity index (χ0n) is 23.1. The van der Waals surface area contributed by atoms with Crippen molar-refractivity contribution in [1.82, 2.24) is 19.6 Å². The second-order valence-electron chi connectivity index (χ2n) is 9.32. The number of anilines is 1. The zero-order valence-corrected chi connectivity index (χ0v) is 24.0. The number of aliphatic carboxylic acids is 2. The molecule has 2 rings (SSSR count). The van der Waals surface area contributed by atoms with Gasteiger partial charge in [0.15, 0.2) is 0 Å². The molecule has 1 heterocycles. The number of rotatable bonds is 14. The molecule has 15 heteroatoms. The average molecular weight is 588 g/mol. The Bertz CT molecular complexity index is 911. The number of hydrogen-bond acceptors (Lipinski definition) is 12. The van der Waals surface area contributed by atoms with Crippen LogP contribution in [0.15, 0.2) is 24.3 Å². The Morgan fingerprint density at radius 3 is 1.90 bits per heavy atom. The highest BCUT2D eigenvalue weighted by molar-refractivity contribution is 7.81. The summed E-state index contributed by atoms with van der Waals surface area (Å²) in [6, 6.07) is 7.38. The van der Waals surface area contributed by atoms with Gasteiger partial charge in [0.1, 0.15) is 13.5 Å². The van der Waals surface area contributed by atoms with Gasteiger partial charge in [-0.05, 0) is 24.1 Å². The van der Waals surface area contributed by atoms with Gasteiger partial charge in [0.25, 0.3) is 0 Å². The van der Waals surface area contributed by atoms with Crippen LogP contribution in [-0.4, -0.2) is 146 Å². The molecule has 1 aromatic carbocycles. The maximum atomic E-state index is 11.7. The molecule has 1 saturated heterocycles. The first-order valence-corrected chi connectivity index (χ1v) is 13.5. The van der Waals surface area contributed by atoms with Crippen molar-refractivity contribution in [3.8, 4) is 0 Å². The molecule has 1 atom stereocenters. The average Bonchev–Trinajstić information content (AvgIpc) is 2.91. The lowest BCUT2D eigenvalue weighted by atomic mass is 10.0. The molecule has 0 aromatic heterocycles. The largest absolute Gasteiger partial charge is 0.480 e. The fourth-order valence-electron chi connectivity index (χ4n) is 4.37. The molecule has 0 spiro atoms. The SMILES string of the molecule is COOCN1CCN(CC(=O)O)CCN(CC(=O)O)CCN(COOC)[C@@H](Cc2ccc(NC(=O)CS)cc2)C1. The van der Waals surface area contributed by atoms with E-state index in [1.165, 1.54) is 14.2 Å². The van der Waals surface area contributed by atoms with Crippen molar-refractivity contribution in [3.05, 3.63) is 29.8 Å². The minimum Gasteiger partial charge on any atom is -0.480 e. The first kappa shape index (κ1) is 33.9. The molecule has 1 fully saturated rings. The predicted octanol–water partition coefficient (Wildman–Crippen LogP) is -0.0722. The fourth-order valence-corrected chi connectivity index (χ4v) is 4.45. The lowest BCUT2D eigenvalue weighted by molar-refractivity contribution is -0.304. The van der Waals surface area contributed by atoms with Crippen molar-refractivity contribution in [2.75, 3.05) is 97.7 Å². The first-order chi connectivity index (χ1) is 19.2.